The second-order valence-corrected chi connectivity index (χ2v) is 2.91. The van der Waals surface area contributed by atoms with Gasteiger partial charge in [-0.25, -0.2) is 0 Å². The van der Waals surface area contributed by atoms with Gasteiger partial charge in [0.1, 0.15) is 0 Å². The molecule has 0 aliphatic rings. The molecule has 0 fully saturated rings. The quantitative estimate of drug-likeness (QED) is 0.341. The molecule has 0 heterocycles. The van der Waals surface area contributed by atoms with Crippen LogP contribution in [0.2, 0.25) is 0 Å². The van der Waals surface area contributed by atoms with Gasteiger partial charge in [0.05, 0.1) is 0 Å². The normalized spacial score (nSPS) is 5.33. The van der Waals surface area contributed by atoms with E-state index in [2.05, 4.69) is 61.2 Å². The third-order valence-corrected chi connectivity index (χ3v) is 0. The van der Waals surface area contributed by atoms with Crippen molar-refractivity contribution >= 4 is 58.3 Å². The van der Waals surface area contributed by atoms with Gasteiger partial charge in [-0.3, -0.25) is 0 Å². The molecule has 0 atom stereocenters. The Labute approximate surface area is 85.9 Å². The number of nitrogens with two attached hydrogens (primary N) is 2. The summed E-state index contributed by atoms with van der Waals surface area (Å²) in [6.07, 6.45) is 0. The number of hydrogen-bond donors (Lipinski definition) is 2. The van der Waals surface area contributed by atoms with E-state index < -0.39 is 0 Å². The van der Waals surface area contributed by atoms with Gasteiger partial charge in [0.15, 0.2) is 0 Å². The monoisotopic (exact) mass is 242 g/mol. The fourth-order valence-electron chi connectivity index (χ4n) is 0. The molecular weight excluding hydrogens is 239 g/mol. The van der Waals surface area contributed by atoms with Crippen LogP contribution in [0.3, 0.4) is 0 Å². The molecule has 0 unspecified atom stereocenters. The molecule has 2 nitrogen and oxygen atoms in total. The van der Waals surface area contributed by atoms with Crippen molar-refractivity contribution in [2.24, 2.45) is 11.5 Å². The zero-order valence-electron chi connectivity index (χ0n) is 4.10. The molecule has 7 heteroatoms. The fraction of sp³-hybridized carbons (Fsp3) is 0. The summed E-state index contributed by atoms with van der Waals surface area (Å²) in [4.78, 5) is 0. The number of thiocarbonyl (C=S) groups is 2. The molecule has 0 saturated heterocycles. The van der Waals surface area contributed by atoms with E-state index in [1.165, 1.54) is 0 Å². The summed E-state index contributed by atoms with van der Waals surface area (Å²) in [5.74, 6) is 0. The van der Waals surface area contributed by atoms with Crippen LogP contribution in [0.1, 0.15) is 0 Å². The van der Waals surface area contributed by atoms with Crippen LogP contribution in [-0.2, 0) is 41.7 Å². The molecule has 0 aromatic rings. The van der Waals surface area contributed by atoms with Gasteiger partial charge in [0, 0.05) is 0 Å². The first-order valence-corrected chi connectivity index (χ1v) is 3.03. The molecule has 0 amide bonds. The minimum atomic E-state index is 0. The predicted octanol–water partition coefficient (Wildman–Crippen LogP) is -0.449. The molecule has 0 aromatic heterocycles. The summed E-state index contributed by atoms with van der Waals surface area (Å²) in [5.41, 5.74) is 9.31. The van der Waals surface area contributed by atoms with Crippen molar-refractivity contribution in [2.45, 2.75) is 0 Å². The van der Waals surface area contributed by atoms with E-state index >= 15 is 0 Å². The maximum Gasteiger partial charge on any atom is 2.00 e. The first kappa shape index (κ1) is 16.4. The molecule has 9 heavy (non-hydrogen) atoms. The van der Waals surface area contributed by atoms with Crippen molar-refractivity contribution < 1.29 is 16.5 Å². The van der Waals surface area contributed by atoms with Gasteiger partial charge in [-0.15, -0.1) is 0 Å². The van der Waals surface area contributed by atoms with Crippen LogP contribution in [0.25, 0.3) is 0 Å². The first-order chi connectivity index (χ1) is 3.46. The van der Waals surface area contributed by atoms with E-state index in [1.807, 2.05) is 0 Å². The van der Waals surface area contributed by atoms with Crippen molar-refractivity contribution in [3.05, 3.63) is 0 Å². The van der Waals surface area contributed by atoms with E-state index in [-0.39, 0.29) is 25.1 Å². The van der Waals surface area contributed by atoms with Crippen molar-refractivity contribution in [1.82, 2.24) is 0 Å². The van der Waals surface area contributed by atoms with E-state index in [4.69, 9.17) is 0 Å². The molecule has 0 spiro atoms. The Morgan fingerprint density at radius 1 is 1.00 bits per heavy atom. The minimum absolute atomic E-state index is 0. The average Bonchev–Trinajstić information content (AvgIpc) is 1.25. The van der Waals surface area contributed by atoms with Crippen molar-refractivity contribution in [1.29, 1.82) is 0 Å². The average molecular weight is 243 g/mol. The van der Waals surface area contributed by atoms with Crippen LogP contribution in [-0.4, -0.2) is 8.64 Å². The van der Waals surface area contributed by atoms with E-state index in [9.17, 15) is 0 Å². The summed E-state index contributed by atoms with van der Waals surface area (Å²) < 4.78 is 0.167. The molecule has 0 aliphatic carbocycles. The zero-order valence-corrected chi connectivity index (χ0v) is 8.36. The van der Waals surface area contributed by atoms with E-state index in [0.29, 0.717) is 0 Å². The first-order valence-electron chi connectivity index (χ1n) is 1.39. The van der Waals surface area contributed by atoms with Crippen LogP contribution in [0, 0.1) is 0 Å². The van der Waals surface area contributed by atoms with Gasteiger partial charge in [-0.2, -0.15) is 0 Å². The summed E-state index contributed by atoms with van der Waals surface area (Å²) in [6, 6.07) is 0. The molecular formula is C2H4N2NiS4. The number of hydrogen-bond acceptors (Lipinski definition) is 4. The van der Waals surface area contributed by atoms with Gasteiger partial charge >= 0.3 is 16.5 Å². The number of rotatable bonds is 0. The molecule has 0 rings (SSSR count). The SMILES string of the molecule is NC(=S)[S-].NC(=S)[S-].[Ni+2]. The standard InChI is InChI=1S/2CH3NS2.Ni/c2*2-1(3)4;/h2*(H3,2,3,4);/q;;+2/p-2. The Kier molecular flexibility index (Phi) is 20.9. The Morgan fingerprint density at radius 2 is 1.00 bits per heavy atom. The zero-order chi connectivity index (χ0) is 7.15. The smallest absolute Gasteiger partial charge is 0.415 e. The van der Waals surface area contributed by atoms with Crippen molar-refractivity contribution in [3.8, 4) is 0 Å². The fourth-order valence-corrected chi connectivity index (χ4v) is 0. The van der Waals surface area contributed by atoms with Crippen LogP contribution in [0.15, 0.2) is 0 Å². The van der Waals surface area contributed by atoms with Gasteiger partial charge in [-0.1, -0.05) is 8.64 Å². The van der Waals surface area contributed by atoms with Crippen molar-refractivity contribution in [2.75, 3.05) is 0 Å². The van der Waals surface area contributed by atoms with Gasteiger partial charge in [0.25, 0.3) is 0 Å². The largest absolute Gasteiger partial charge is 2.00 e. The molecule has 0 radical (unpaired) electrons. The Morgan fingerprint density at radius 3 is 1.00 bits per heavy atom. The predicted molar refractivity (Wildman–Crippen MR) is 48.3 cm³/mol. The summed E-state index contributed by atoms with van der Waals surface area (Å²) in [6.45, 7) is 0. The molecule has 56 valence electrons. The Balaban J connectivity index is -0.0000000720. The molecule has 0 aromatic carbocycles. The second kappa shape index (κ2) is 11.5. The molecule has 4 N–H and O–H groups in total. The van der Waals surface area contributed by atoms with Crippen LogP contribution < -0.4 is 11.5 Å². The Bertz CT molecular complexity index is 74.6. The second-order valence-electron chi connectivity index (χ2n) is 0.638. The maximum atomic E-state index is 4.66. The Hall–Kier alpha value is 0.714. The summed E-state index contributed by atoms with van der Waals surface area (Å²) >= 11 is 16.5. The summed E-state index contributed by atoms with van der Waals surface area (Å²) in [7, 11) is 0. The van der Waals surface area contributed by atoms with Crippen molar-refractivity contribution in [3.63, 3.8) is 0 Å². The van der Waals surface area contributed by atoms with Gasteiger partial charge in [0.2, 0.25) is 0 Å². The maximum absolute atomic E-state index is 4.66. The van der Waals surface area contributed by atoms with Crippen LogP contribution >= 0.6 is 24.4 Å². The van der Waals surface area contributed by atoms with Gasteiger partial charge in [-0.05, 0) is 0 Å². The third kappa shape index (κ3) is 771. The van der Waals surface area contributed by atoms with E-state index in [0.717, 1.165) is 0 Å². The molecule has 0 saturated carbocycles. The van der Waals surface area contributed by atoms with E-state index in [1.54, 1.807) is 0 Å². The van der Waals surface area contributed by atoms with Crippen LogP contribution in [0.4, 0.5) is 0 Å². The van der Waals surface area contributed by atoms with Crippen LogP contribution in [0.5, 0.6) is 0 Å². The topological polar surface area (TPSA) is 52.0 Å². The minimum Gasteiger partial charge on any atom is -0.415 e. The molecule has 0 aliphatic heterocycles. The summed E-state index contributed by atoms with van der Waals surface area (Å²) in [5, 5.41) is 0. The molecule has 0 bridgehead atoms. The van der Waals surface area contributed by atoms with Gasteiger partial charge < -0.3 is 61.2 Å². The third-order valence-electron chi connectivity index (χ3n) is 0.